The summed E-state index contributed by atoms with van der Waals surface area (Å²) in [6, 6.07) is 11.5. The fourth-order valence-electron chi connectivity index (χ4n) is 3.40. The van der Waals surface area contributed by atoms with Crippen molar-refractivity contribution in [3.05, 3.63) is 75.8 Å². The Morgan fingerprint density at radius 1 is 1.00 bits per heavy atom. The van der Waals surface area contributed by atoms with Crippen molar-refractivity contribution < 1.29 is 37.5 Å². The van der Waals surface area contributed by atoms with Crippen LogP contribution in [0, 0.1) is 6.92 Å². The maximum atomic E-state index is 12.8. The van der Waals surface area contributed by atoms with Gasteiger partial charge in [0, 0.05) is 11.6 Å². The average Bonchev–Trinajstić information content (AvgIpc) is 3.55. The summed E-state index contributed by atoms with van der Waals surface area (Å²) >= 11 is 0.775. The van der Waals surface area contributed by atoms with Gasteiger partial charge >= 0.3 is 11.9 Å². The number of carbonyl (C=O) groups is 4. The van der Waals surface area contributed by atoms with Crippen molar-refractivity contribution in [2.45, 2.75) is 13.5 Å². The van der Waals surface area contributed by atoms with Crippen LogP contribution in [0.15, 0.2) is 56.2 Å². The molecule has 0 aliphatic carbocycles. The molecule has 0 unspecified atom stereocenters. The Morgan fingerprint density at radius 2 is 1.76 bits per heavy atom. The van der Waals surface area contributed by atoms with Crippen molar-refractivity contribution >= 4 is 40.9 Å². The molecule has 4 rings (SSSR count). The van der Waals surface area contributed by atoms with E-state index in [1.54, 1.807) is 31.2 Å². The first-order valence-corrected chi connectivity index (χ1v) is 10.8. The fraction of sp³-hybridized carbons (Fsp3) is 0.167. The Morgan fingerprint density at radius 3 is 2.50 bits per heavy atom. The second-order valence-electron chi connectivity index (χ2n) is 7.20. The summed E-state index contributed by atoms with van der Waals surface area (Å²) in [6.45, 7) is 1.66. The van der Waals surface area contributed by atoms with Crippen molar-refractivity contribution in [2.75, 3.05) is 14.2 Å². The number of amides is 2. The first kappa shape index (κ1) is 23.1. The summed E-state index contributed by atoms with van der Waals surface area (Å²) in [5.41, 5.74) is 1.82. The normalized spacial score (nSPS) is 14.7. The largest absolute Gasteiger partial charge is 0.465 e. The van der Waals surface area contributed by atoms with Crippen LogP contribution in [0.2, 0.25) is 0 Å². The van der Waals surface area contributed by atoms with E-state index in [9.17, 15) is 19.2 Å². The lowest BCUT2D eigenvalue weighted by atomic mass is 10.0. The number of imide groups is 1. The van der Waals surface area contributed by atoms with Crippen LogP contribution >= 0.6 is 11.8 Å². The van der Waals surface area contributed by atoms with Crippen molar-refractivity contribution in [3.63, 3.8) is 0 Å². The smallest absolute Gasteiger partial charge is 0.373 e. The third kappa shape index (κ3) is 4.40. The molecule has 2 aromatic heterocycles. The fourth-order valence-corrected chi connectivity index (χ4v) is 4.22. The molecule has 0 saturated carbocycles. The summed E-state index contributed by atoms with van der Waals surface area (Å²) in [7, 11) is 2.54. The molecule has 2 amide bonds. The minimum absolute atomic E-state index is 0.0188. The Labute approximate surface area is 198 Å². The molecule has 3 aromatic rings. The van der Waals surface area contributed by atoms with E-state index >= 15 is 0 Å². The molecule has 174 valence electrons. The molecule has 1 fully saturated rings. The van der Waals surface area contributed by atoms with Crippen LogP contribution in [-0.4, -0.2) is 42.2 Å². The van der Waals surface area contributed by atoms with E-state index in [2.05, 4.69) is 4.74 Å². The number of esters is 2. The highest BCUT2D eigenvalue weighted by atomic mass is 32.2. The molecule has 0 spiro atoms. The van der Waals surface area contributed by atoms with Gasteiger partial charge in [-0.25, -0.2) is 9.59 Å². The maximum Gasteiger partial charge on any atom is 0.373 e. The summed E-state index contributed by atoms with van der Waals surface area (Å²) in [5.74, 6) is -0.488. The molecule has 0 N–H and O–H groups in total. The molecule has 34 heavy (non-hydrogen) atoms. The van der Waals surface area contributed by atoms with Crippen LogP contribution in [0.25, 0.3) is 17.4 Å². The summed E-state index contributed by atoms with van der Waals surface area (Å²) < 4.78 is 20.6. The lowest BCUT2D eigenvalue weighted by Crippen LogP contribution is -2.27. The van der Waals surface area contributed by atoms with Gasteiger partial charge < -0.3 is 18.3 Å². The highest BCUT2D eigenvalue weighted by molar-refractivity contribution is 8.18. The number of nitrogens with zero attached hydrogens (tertiary/aromatic N) is 1. The van der Waals surface area contributed by atoms with E-state index in [0.29, 0.717) is 28.2 Å². The van der Waals surface area contributed by atoms with Gasteiger partial charge in [-0.2, -0.15) is 0 Å². The summed E-state index contributed by atoms with van der Waals surface area (Å²) in [5, 5.41) is -0.472. The zero-order chi connectivity index (χ0) is 24.4. The highest BCUT2D eigenvalue weighted by Crippen LogP contribution is 2.35. The molecule has 0 radical (unpaired) electrons. The number of methoxy groups -OCH3 is 2. The van der Waals surface area contributed by atoms with Gasteiger partial charge in [-0.05, 0) is 54.6 Å². The van der Waals surface area contributed by atoms with Gasteiger partial charge in [-0.3, -0.25) is 14.5 Å². The second-order valence-corrected chi connectivity index (χ2v) is 8.19. The number of hydrogen-bond donors (Lipinski definition) is 0. The molecule has 9 nitrogen and oxygen atoms in total. The van der Waals surface area contributed by atoms with Crippen LogP contribution in [0.4, 0.5) is 4.79 Å². The minimum atomic E-state index is -0.652. The lowest BCUT2D eigenvalue weighted by molar-refractivity contribution is -0.123. The SMILES string of the molecule is COC(=O)c1ccc(CN2C(=O)SC(=Cc3ccc(-c4cccc(C(=O)OC)c4C)o3)C2=O)o1. The molecular formula is C24H19NO8S. The maximum absolute atomic E-state index is 12.8. The summed E-state index contributed by atoms with van der Waals surface area (Å²) in [6.07, 6.45) is 1.48. The lowest BCUT2D eigenvalue weighted by Gasteiger charge is -2.09. The zero-order valence-electron chi connectivity index (χ0n) is 18.4. The van der Waals surface area contributed by atoms with Crippen molar-refractivity contribution in [2.24, 2.45) is 0 Å². The molecule has 0 bridgehead atoms. The van der Waals surface area contributed by atoms with Crippen molar-refractivity contribution in [1.82, 2.24) is 4.90 Å². The standard InChI is InChI=1S/C24H19NO8S/c1-13-16(5-4-6-17(13)22(27)30-2)18-9-7-14(32-18)11-20-21(26)25(24(29)34-20)12-15-8-10-19(33-15)23(28)31-3/h4-11H,12H2,1-3H3. The average molecular weight is 481 g/mol. The number of carbonyl (C=O) groups excluding carboxylic acids is 4. The highest BCUT2D eigenvalue weighted by Gasteiger charge is 2.36. The summed E-state index contributed by atoms with van der Waals surface area (Å²) in [4.78, 5) is 49.9. The topological polar surface area (TPSA) is 116 Å². The van der Waals surface area contributed by atoms with Crippen molar-refractivity contribution in [3.8, 4) is 11.3 Å². The van der Waals surface area contributed by atoms with Crippen LogP contribution in [0.3, 0.4) is 0 Å². The van der Waals surface area contributed by atoms with Gasteiger partial charge in [0.25, 0.3) is 11.1 Å². The Hall–Kier alpha value is -4.05. The van der Waals surface area contributed by atoms with E-state index in [1.807, 2.05) is 6.07 Å². The quantitative estimate of drug-likeness (QED) is 0.366. The number of ether oxygens (including phenoxy) is 2. The molecule has 1 aliphatic heterocycles. The molecule has 1 aliphatic rings. The first-order chi connectivity index (χ1) is 16.3. The van der Waals surface area contributed by atoms with Crippen LogP contribution < -0.4 is 0 Å². The number of furan rings is 2. The monoisotopic (exact) mass is 481 g/mol. The van der Waals surface area contributed by atoms with Crippen molar-refractivity contribution in [1.29, 1.82) is 0 Å². The van der Waals surface area contributed by atoms with E-state index in [4.69, 9.17) is 13.6 Å². The molecule has 3 heterocycles. The number of benzene rings is 1. The third-order valence-corrected chi connectivity index (χ3v) is 6.05. The Kier molecular flexibility index (Phi) is 6.42. The van der Waals surface area contributed by atoms with E-state index in [-0.39, 0.29) is 23.0 Å². The van der Waals surface area contributed by atoms with Gasteiger partial charge in [0.2, 0.25) is 5.76 Å². The van der Waals surface area contributed by atoms with Crippen LogP contribution in [-0.2, 0) is 20.8 Å². The zero-order valence-corrected chi connectivity index (χ0v) is 19.3. The first-order valence-electron chi connectivity index (χ1n) is 10.0. The van der Waals surface area contributed by atoms with Crippen LogP contribution in [0.5, 0.6) is 0 Å². The van der Waals surface area contributed by atoms with Gasteiger partial charge in [0.1, 0.15) is 17.3 Å². The third-order valence-electron chi connectivity index (χ3n) is 5.14. The number of rotatable bonds is 6. The second kappa shape index (κ2) is 9.44. The van der Waals surface area contributed by atoms with Gasteiger partial charge in [0.15, 0.2) is 0 Å². The molecule has 10 heteroatoms. The number of thioether (sulfide) groups is 1. The predicted octanol–water partition coefficient (Wildman–Crippen LogP) is 4.66. The van der Waals surface area contributed by atoms with Gasteiger partial charge in [0.05, 0.1) is 31.2 Å². The molecule has 0 atom stereocenters. The Balaban J connectivity index is 1.53. The van der Waals surface area contributed by atoms with Gasteiger partial charge in [-0.15, -0.1) is 0 Å². The Bertz CT molecular complexity index is 1330. The molecule has 1 saturated heterocycles. The molecular weight excluding hydrogens is 462 g/mol. The minimum Gasteiger partial charge on any atom is -0.465 e. The van der Waals surface area contributed by atoms with E-state index in [1.165, 1.54) is 32.4 Å². The predicted molar refractivity (Wildman–Crippen MR) is 122 cm³/mol. The van der Waals surface area contributed by atoms with E-state index in [0.717, 1.165) is 16.7 Å². The number of hydrogen-bond acceptors (Lipinski definition) is 9. The van der Waals surface area contributed by atoms with Crippen LogP contribution in [0.1, 0.15) is 38.0 Å². The van der Waals surface area contributed by atoms with E-state index < -0.39 is 23.1 Å². The molecule has 1 aromatic carbocycles. The van der Waals surface area contributed by atoms with Gasteiger partial charge in [-0.1, -0.05) is 12.1 Å².